The van der Waals surface area contributed by atoms with Gasteiger partial charge in [0.05, 0.1) is 12.0 Å². The Balaban J connectivity index is 1.12. The molecule has 38 heavy (non-hydrogen) atoms. The van der Waals surface area contributed by atoms with E-state index >= 15 is 0 Å². The van der Waals surface area contributed by atoms with Gasteiger partial charge >= 0.3 is 0 Å². The lowest BCUT2D eigenvalue weighted by Crippen LogP contribution is -2.45. The number of benzene rings is 2. The fourth-order valence-corrected chi connectivity index (χ4v) is 6.62. The number of pyridine rings is 1. The van der Waals surface area contributed by atoms with Crippen LogP contribution in [-0.2, 0) is 17.6 Å². The molecule has 3 aliphatic rings. The number of nitrogens with zero attached hydrogens (tertiary/aromatic N) is 3. The fourth-order valence-electron chi connectivity index (χ4n) is 6.62. The van der Waals surface area contributed by atoms with E-state index < -0.39 is 0 Å². The molecule has 3 aromatic rings. The predicted molar refractivity (Wildman–Crippen MR) is 149 cm³/mol. The lowest BCUT2D eigenvalue weighted by atomic mass is 9.82. The summed E-state index contributed by atoms with van der Waals surface area (Å²) < 4.78 is 0. The number of fused-ring (bicyclic) bond motifs is 2. The predicted octanol–water partition coefficient (Wildman–Crippen LogP) is 5.05. The molecular weight excluding hydrogens is 472 g/mol. The number of piperidine rings is 1. The second-order valence-electron chi connectivity index (χ2n) is 11.0. The summed E-state index contributed by atoms with van der Waals surface area (Å²) >= 11 is 0. The maximum atomic E-state index is 13.5. The van der Waals surface area contributed by atoms with E-state index in [2.05, 4.69) is 39.5 Å². The third-order valence-corrected chi connectivity index (χ3v) is 8.83. The average molecular weight is 509 g/mol. The minimum absolute atomic E-state index is 0.0340. The molecule has 0 unspecified atom stereocenters. The van der Waals surface area contributed by atoms with Crippen LogP contribution in [0.25, 0.3) is 0 Å². The molecule has 6 rings (SSSR count). The average Bonchev–Trinajstić information content (AvgIpc) is 3.38. The Labute approximate surface area is 225 Å². The molecule has 1 fully saturated rings. The zero-order chi connectivity index (χ0) is 26.1. The van der Waals surface area contributed by atoms with Gasteiger partial charge in [-0.15, -0.1) is 0 Å². The fraction of sp³-hybridized carbons (Fsp3) is 0.406. The molecule has 6 heteroatoms. The second-order valence-corrected chi connectivity index (χ2v) is 11.0. The van der Waals surface area contributed by atoms with Gasteiger partial charge in [-0.05, 0) is 91.5 Å². The van der Waals surface area contributed by atoms with Crippen molar-refractivity contribution in [3.63, 3.8) is 0 Å². The Kier molecular flexibility index (Phi) is 6.88. The van der Waals surface area contributed by atoms with E-state index in [0.717, 1.165) is 63.6 Å². The molecule has 196 valence electrons. The summed E-state index contributed by atoms with van der Waals surface area (Å²) in [5.41, 5.74) is 6.73. The Hall–Kier alpha value is -3.67. The molecule has 0 radical (unpaired) electrons. The van der Waals surface area contributed by atoms with Gasteiger partial charge in [0, 0.05) is 49.8 Å². The lowest BCUT2D eigenvalue weighted by molar-refractivity contribution is -0.123. The van der Waals surface area contributed by atoms with Crippen LogP contribution >= 0.6 is 0 Å². The summed E-state index contributed by atoms with van der Waals surface area (Å²) in [4.78, 5) is 35.3. The Morgan fingerprint density at radius 2 is 1.66 bits per heavy atom. The number of carbonyl (C=O) groups excluding carboxylic acids is 2. The van der Waals surface area contributed by atoms with Crippen LogP contribution < -0.4 is 10.2 Å². The molecule has 2 amide bonds. The zero-order valence-corrected chi connectivity index (χ0v) is 22.1. The maximum absolute atomic E-state index is 13.5. The summed E-state index contributed by atoms with van der Waals surface area (Å²) in [6, 6.07) is 18.7. The van der Waals surface area contributed by atoms with Crippen molar-refractivity contribution in [1.29, 1.82) is 0 Å². The van der Waals surface area contributed by atoms with Gasteiger partial charge in [0.15, 0.2) is 0 Å². The SMILES string of the molecule is CN(C(=O)c1ccc2c(c1)[C@H](NC(=O)[C@@H]1CCCc3ccccc31)CC2)C1CCN(c2ccncc2)CC1. The number of rotatable bonds is 5. The van der Waals surface area contributed by atoms with E-state index in [1.54, 1.807) is 0 Å². The molecule has 2 atom stereocenters. The Morgan fingerprint density at radius 1 is 0.895 bits per heavy atom. The topological polar surface area (TPSA) is 65.5 Å². The highest BCUT2D eigenvalue weighted by Crippen LogP contribution is 2.36. The first-order valence-corrected chi connectivity index (χ1v) is 14.0. The highest BCUT2D eigenvalue weighted by Gasteiger charge is 2.32. The molecule has 1 N–H and O–H groups in total. The van der Waals surface area contributed by atoms with Crippen LogP contribution in [0.3, 0.4) is 0 Å². The van der Waals surface area contributed by atoms with Crippen LogP contribution in [0, 0.1) is 0 Å². The monoisotopic (exact) mass is 508 g/mol. The van der Waals surface area contributed by atoms with Crippen molar-refractivity contribution in [2.24, 2.45) is 0 Å². The first kappa shape index (κ1) is 24.7. The van der Waals surface area contributed by atoms with E-state index in [4.69, 9.17) is 0 Å². The van der Waals surface area contributed by atoms with Crippen molar-refractivity contribution >= 4 is 17.5 Å². The number of nitrogens with one attached hydrogen (secondary N) is 1. The van der Waals surface area contributed by atoms with Gasteiger partial charge in [-0.1, -0.05) is 30.3 Å². The van der Waals surface area contributed by atoms with Gasteiger partial charge in [-0.25, -0.2) is 0 Å². The molecule has 0 spiro atoms. The highest BCUT2D eigenvalue weighted by atomic mass is 16.2. The zero-order valence-electron chi connectivity index (χ0n) is 22.1. The molecule has 0 saturated carbocycles. The summed E-state index contributed by atoms with van der Waals surface area (Å²) in [7, 11) is 1.93. The normalized spacial score (nSPS) is 20.9. The summed E-state index contributed by atoms with van der Waals surface area (Å²) in [6.07, 6.45) is 10.3. The van der Waals surface area contributed by atoms with Crippen LogP contribution in [-0.4, -0.2) is 47.9 Å². The summed E-state index contributed by atoms with van der Waals surface area (Å²) in [5, 5.41) is 3.35. The number of amides is 2. The minimum Gasteiger partial charge on any atom is -0.371 e. The van der Waals surface area contributed by atoms with E-state index in [1.165, 1.54) is 22.4 Å². The van der Waals surface area contributed by atoms with Crippen molar-refractivity contribution < 1.29 is 9.59 Å². The second kappa shape index (κ2) is 10.6. The number of aromatic nitrogens is 1. The molecule has 2 aromatic carbocycles. The third kappa shape index (κ3) is 4.80. The molecular formula is C32H36N4O2. The van der Waals surface area contributed by atoms with Gasteiger partial charge in [-0.3, -0.25) is 14.6 Å². The number of carbonyl (C=O) groups is 2. The molecule has 1 saturated heterocycles. The molecule has 1 aromatic heterocycles. The quantitative estimate of drug-likeness (QED) is 0.524. The molecule has 0 bridgehead atoms. The summed E-state index contributed by atoms with van der Waals surface area (Å²) in [5.74, 6) is 0.0936. The molecule has 2 aliphatic carbocycles. The van der Waals surface area contributed by atoms with Crippen LogP contribution in [0.5, 0.6) is 0 Å². The van der Waals surface area contributed by atoms with Gasteiger partial charge in [0.1, 0.15) is 0 Å². The third-order valence-electron chi connectivity index (χ3n) is 8.83. The van der Waals surface area contributed by atoms with Crippen molar-refractivity contribution in [3.05, 3.63) is 94.8 Å². The maximum Gasteiger partial charge on any atom is 0.253 e. The number of aryl methyl sites for hydroxylation is 2. The first-order valence-electron chi connectivity index (χ1n) is 14.0. The summed E-state index contributed by atoms with van der Waals surface area (Å²) in [6.45, 7) is 1.85. The van der Waals surface area contributed by atoms with Gasteiger partial charge in [0.2, 0.25) is 5.91 Å². The highest BCUT2D eigenvalue weighted by molar-refractivity contribution is 5.94. The van der Waals surface area contributed by atoms with Crippen molar-refractivity contribution in [1.82, 2.24) is 15.2 Å². The smallest absolute Gasteiger partial charge is 0.253 e. The number of hydrogen-bond acceptors (Lipinski definition) is 4. The Bertz CT molecular complexity index is 1320. The number of hydrogen-bond donors (Lipinski definition) is 1. The molecule has 6 nitrogen and oxygen atoms in total. The molecule has 1 aliphatic heterocycles. The lowest BCUT2D eigenvalue weighted by Gasteiger charge is -2.38. The van der Waals surface area contributed by atoms with E-state index in [1.807, 2.05) is 54.7 Å². The van der Waals surface area contributed by atoms with Gasteiger partial charge in [0.25, 0.3) is 5.91 Å². The Morgan fingerprint density at radius 3 is 2.47 bits per heavy atom. The van der Waals surface area contributed by atoms with Crippen molar-refractivity contribution in [2.75, 3.05) is 25.0 Å². The van der Waals surface area contributed by atoms with Crippen LogP contribution in [0.1, 0.15) is 76.7 Å². The van der Waals surface area contributed by atoms with E-state index in [0.29, 0.717) is 5.56 Å². The molecule has 2 heterocycles. The first-order chi connectivity index (χ1) is 18.6. The minimum atomic E-state index is -0.0852. The van der Waals surface area contributed by atoms with Crippen LogP contribution in [0.2, 0.25) is 0 Å². The van der Waals surface area contributed by atoms with E-state index in [-0.39, 0.29) is 29.8 Å². The van der Waals surface area contributed by atoms with Gasteiger partial charge < -0.3 is 15.1 Å². The van der Waals surface area contributed by atoms with Crippen LogP contribution in [0.15, 0.2) is 67.0 Å². The largest absolute Gasteiger partial charge is 0.371 e. The standard InChI is InChI=1S/C32H36N4O2/c1-35(25-15-19-36(20-16-25)26-13-17-33-18-14-26)32(38)24-10-9-23-11-12-30(29(23)21-24)34-31(37)28-8-4-6-22-5-2-3-7-27(22)28/h2-3,5,7,9-10,13-14,17-18,21,25,28,30H,4,6,8,11-12,15-16,19-20H2,1H3,(H,34,37)/t28-,30-/m1/s1. The van der Waals surface area contributed by atoms with Crippen molar-refractivity contribution in [3.8, 4) is 0 Å². The van der Waals surface area contributed by atoms with Gasteiger partial charge in [-0.2, -0.15) is 0 Å². The van der Waals surface area contributed by atoms with E-state index in [9.17, 15) is 9.59 Å². The number of anilines is 1. The van der Waals surface area contributed by atoms with Crippen molar-refractivity contribution in [2.45, 2.75) is 62.9 Å². The van der Waals surface area contributed by atoms with Crippen LogP contribution in [0.4, 0.5) is 5.69 Å².